The summed E-state index contributed by atoms with van der Waals surface area (Å²) in [5, 5.41) is 2.13. The van der Waals surface area contributed by atoms with Gasteiger partial charge in [0.05, 0.1) is 4.70 Å². The van der Waals surface area contributed by atoms with Crippen LogP contribution in [0, 0.1) is 5.82 Å². The van der Waals surface area contributed by atoms with Gasteiger partial charge in [-0.2, -0.15) is 0 Å². The Bertz CT molecular complexity index is 436. The second kappa shape index (κ2) is 3.01. The molecule has 0 bridgehead atoms. The molecular weight excluding hydrogens is 259 g/mol. The molecule has 1 aromatic carbocycles. The third-order valence-corrected chi connectivity index (χ3v) is 3.77. The van der Waals surface area contributed by atoms with Gasteiger partial charge in [-0.3, -0.25) is 0 Å². The van der Waals surface area contributed by atoms with Crippen molar-refractivity contribution in [1.29, 1.82) is 0 Å². The molecule has 0 aliphatic rings. The minimum Gasteiger partial charge on any atom is -0.205 e. The Morgan fingerprint density at radius 3 is 2.83 bits per heavy atom. The second-order valence-corrected chi connectivity index (χ2v) is 4.57. The van der Waals surface area contributed by atoms with Gasteiger partial charge in [0.15, 0.2) is 0 Å². The lowest BCUT2D eigenvalue weighted by molar-refractivity contribution is 0.644. The Morgan fingerprint density at radius 2 is 2.17 bits per heavy atom. The zero-order valence-corrected chi connectivity index (χ0v) is 9.14. The number of thiophene rings is 1. The fraction of sp³-hybridized carbons (Fsp3) is 0. The summed E-state index contributed by atoms with van der Waals surface area (Å²) in [5.74, 6) is -0.183. The zero-order valence-electron chi connectivity index (χ0n) is 5.84. The van der Waals surface area contributed by atoms with E-state index in [1.807, 2.05) is 6.07 Å². The number of thiol groups is 1. The largest absolute Gasteiger partial charge is 0.205 e. The third kappa shape index (κ3) is 1.18. The maximum atomic E-state index is 13.1. The molecule has 2 aromatic rings. The van der Waals surface area contributed by atoms with Crippen LogP contribution in [0.4, 0.5) is 4.39 Å². The molecule has 1 heterocycles. The number of hydrogen-bond acceptors (Lipinski definition) is 2. The molecule has 0 N–H and O–H groups in total. The molecule has 0 aliphatic heterocycles. The summed E-state index contributed by atoms with van der Waals surface area (Å²) in [5.41, 5.74) is 0. The molecule has 0 radical (unpaired) electrons. The van der Waals surface area contributed by atoms with Gasteiger partial charge in [-0.05, 0) is 12.1 Å². The van der Waals surface area contributed by atoms with Crippen LogP contribution < -0.4 is 0 Å². The fourth-order valence-electron chi connectivity index (χ4n) is 1.06. The predicted octanol–water partition coefficient (Wildman–Crippen LogP) is 4.09. The number of fused-ring (bicyclic) bond motifs is 1. The minimum absolute atomic E-state index is 0.183. The van der Waals surface area contributed by atoms with Crippen molar-refractivity contribution in [1.82, 2.24) is 0 Å². The van der Waals surface area contributed by atoms with Gasteiger partial charge >= 0.3 is 0 Å². The van der Waals surface area contributed by atoms with Crippen LogP contribution in [-0.2, 0) is 0 Å². The van der Waals surface area contributed by atoms with Crippen molar-refractivity contribution < 1.29 is 4.39 Å². The van der Waals surface area contributed by atoms with Crippen molar-refractivity contribution in [2.45, 2.75) is 4.90 Å². The van der Waals surface area contributed by atoms with Crippen LogP contribution in [0.1, 0.15) is 0 Å². The Labute approximate surface area is 86.9 Å². The average Bonchev–Trinajstić information content (AvgIpc) is 2.42. The van der Waals surface area contributed by atoms with E-state index in [4.69, 9.17) is 0 Å². The first-order valence-corrected chi connectivity index (χ1v) is 5.36. The standard InChI is InChI=1S/C8H4BrFS2/c9-4-1-2-6(11)8-7(4)5(10)3-12-8/h1-3,11H. The molecule has 0 atom stereocenters. The Morgan fingerprint density at radius 1 is 1.42 bits per heavy atom. The summed E-state index contributed by atoms with van der Waals surface area (Å²) in [6, 6.07) is 3.66. The van der Waals surface area contributed by atoms with Crippen LogP contribution in [0.2, 0.25) is 0 Å². The van der Waals surface area contributed by atoms with Crippen molar-refractivity contribution >= 4 is 50.0 Å². The monoisotopic (exact) mass is 262 g/mol. The van der Waals surface area contributed by atoms with Gasteiger partial charge in [0, 0.05) is 20.1 Å². The summed E-state index contributed by atoms with van der Waals surface area (Å²) in [6.07, 6.45) is 0. The van der Waals surface area contributed by atoms with Gasteiger partial charge in [-0.25, -0.2) is 4.39 Å². The van der Waals surface area contributed by atoms with Gasteiger partial charge in [0.1, 0.15) is 5.82 Å². The molecule has 0 spiro atoms. The molecule has 0 unspecified atom stereocenters. The summed E-state index contributed by atoms with van der Waals surface area (Å²) in [4.78, 5) is 0.821. The predicted molar refractivity (Wildman–Crippen MR) is 56.7 cm³/mol. The number of benzene rings is 1. The van der Waals surface area contributed by atoms with E-state index in [-0.39, 0.29) is 5.82 Å². The minimum atomic E-state index is -0.183. The quantitative estimate of drug-likeness (QED) is 0.680. The highest BCUT2D eigenvalue weighted by molar-refractivity contribution is 9.10. The van der Waals surface area contributed by atoms with Gasteiger partial charge in [-0.15, -0.1) is 24.0 Å². The molecule has 0 saturated heterocycles. The molecule has 0 fully saturated rings. The Kier molecular flexibility index (Phi) is 2.14. The first-order chi connectivity index (χ1) is 5.70. The summed E-state index contributed by atoms with van der Waals surface area (Å²) < 4.78 is 14.8. The highest BCUT2D eigenvalue weighted by Crippen LogP contribution is 2.35. The SMILES string of the molecule is Fc1csc2c(S)ccc(Br)c12. The van der Waals surface area contributed by atoms with E-state index >= 15 is 0 Å². The molecule has 2 rings (SSSR count). The topological polar surface area (TPSA) is 0 Å². The smallest absolute Gasteiger partial charge is 0.142 e. The lowest BCUT2D eigenvalue weighted by Gasteiger charge is -1.96. The Balaban J connectivity index is 2.98. The van der Waals surface area contributed by atoms with E-state index in [1.54, 1.807) is 6.07 Å². The average molecular weight is 263 g/mol. The molecule has 0 aliphatic carbocycles. The number of rotatable bonds is 0. The maximum absolute atomic E-state index is 13.1. The van der Waals surface area contributed by atoms with E-state index in [2.05, 4.69) is 28.6 Å². The maximum Gasteiger partial charge on any atom is 0.142 e. The van der Waals surface area contributed by atoms with Gasteiger partial charge < -0.3 is 0 Å². The molecular formula is C8H4BrFS2. The van der Waals surface area contributed by atoms with Crippen LogP contribution in [-0.4, -0.2) is 0 Å². The van der Waals surface area contributed by atoms with Crippen molar-refractivity contribution in [3.63, 3.8) is 0 Å². The number of halogens is 2. The van der Waals surface area contributed by atoms with E-state index < -0.39 is 0 Å². The van der Waals surface area contributed by atoms with Crippen molar-refractivity contribution in [2.24, 2.45) is 0 Å². The van der Waals surface area contributed by atoms with Crippen LogP contribution >= 0.6 is 39.9 Å². The lowest BCUT2D eigenvalue weighted by Crippen LogP contribution is -1.73. The zero-order chi connectivity index (χ0) is 8.72. The molecule has 1 aromatic heterocycles. The number of hydrogen-bond donors (Lipinski definition) is 1. The van der Waals surface area contributed by atoms with Crippen molar-refractivity contribution in [3.05, 3.63) is 27.8 Å². The van der Waals surface area contributed by atoms with Crippen LogP contribution in [0.5, 0.6) is 0 Å². The highest BCUT2D eigenvalue weighted by atomic mass is 79.9. The van der Waals surface area contributed by atoms with Crippen molar-refractivity contribution in [2.75, 3.05) is 0 Å². The molecule has 62 valence electrons. The normalized spacial score (nSPS) is 10.9. The highest BCUT2D eigenvalue weighted by Gasteiger charge is 2.08. The van der Waals surface area contributed by atoms with Crippen molar-refractivity contribution in [3.8, 4) is 0 Å². The fourth-order valence-corrected chi connectivity index (χ4v) is 2.91. The van der Waals surface area contributed by atoms with E-state index in [0.717, 1.165) is 14.1 Å². The van der Waals surface area contributed by atoms with Gasteiger partial charge in [-0.1, -0.05) is 15.9 Å². The first-order valence-electron chi connectivity index (χ1n) is 3.24. The van der Waals surface area contributed by atoms with Crippen LogP contribution in [0.15, 0.2) is 26.9 Å². The second-order valence-electron chi connectivity index (χ2n) is 2.35. The third-order valence-electron chi connectivity index (χ3n) is 1.61. The summed E-state index contributed by atoms with van der Waals surface area (Å²) in [7, 11) is 0. The first kappa shape index (κ1) is 8.53. The van der Waals surface area contributed by atoms with Crippen LogP contribution in [0.25, 0.3) is 10.1 Å². The van der Waals surface area contributed by atoms with Crippen LogP contribution in [0.3, 0.4) is 0 Å². The summed E-state index contributed by atoms with van der Waals surface area (Å²) in [6.45, 7) is 0. The van der Waals surface area contributed by atoms with E-state index in [1.165, 1.54) is 16.7 Å². The van der Waals surface area contributed by atoms with E-state index in [9.17, 15) is 4.39 Å². The molecule has 0 saturated carbocycles. The molecule has 12 heavy (non-hydrogen) atoms. The van der Waals surface area contributed by atoms with Gasteiger partial charge in [0.2, 0.25) is 0 Å². The van der Waals surface area contributed by atoms with E-state index in [0.29, 0.717) is 5.39 Å². The lowest BCUT2D eigenvalue weighted by atomic mass is 10.2. The summed E-state index contributed by atoms with van der Waals surface area (Å²) >= 11 is 8.90. The molecule has 0 amide bonds. The Hall–Kier alpha value is -0.0600. The molecule has 4 heteroatoms. The molecule has 0 nitrogen and oxygen atoms in total. The van der Waals surface area contributed by atoms with Gasteiger partial charge in [0.25, 0.3) is 0 Å².